The molecule has 1 N–H and O–H groups in total. The number of ether oxygens (including phenoxy) is 1. The van der Waals surface area contributed by atoms with Crippen molar-refractivity contribution < 1.29 is 13.2 Å². The number of hydrogen-bond donors (Lipinski definition) is 1. The molecule has 1 aliphatic heterocycles. The first-order chi connectivity index (χ1) is 12.4. The van der Waals surface area contributed by atoms with Gasteiger partial charge >= 0.3 is 0 Å². The predicted octanol–water partition coefficient (Wildman–Crippen LogP) is -0.169. The Labute approximate surface area is 156 Å². The summed E-state index contributed by atoms with van der Waals surface area (Å²) < 4.78 is 33.7. The molecule has 0 atom stereocenters. The molecule has 10 heteroatoms. The standard InChI is InChI=1S/C16H30N6O3S/c1-15(2)25-12-13-26(23,24)22-10-8-21(9-11-22)16(17-3)19-5-7-20-6-4-18-14-20/h4,6,14-15H,5,7-13H2,1-3H3,(H,17,19). The van der Waals surface area contributed by atoms with E-state index < -0.39 is 10.0 Å². The molecule has 2 rings (SSSR count). The van der Waals surface area contributed by atoms with Crippen LogP contribution in [0.15, 0.2) is 23.7 Å². The molecule has 0 aliphatic carbocycles. The zero-order valence-corrected chi connectivity index (χ0v) is 16.7. The fraction of sp³-hybridized carbons (Fsp3) is 0.750. The van der Waals surface area contributed by atoms with Crippen molar-refractivity contribution in [2.75, 3.05) is 52.1 Å². The Morgan fingerprint density at radius 3 is 2.62 bits per heavy atom. The van der Waals surface area contributed by atoms with Gasteiger partial charge in [0.25, 0.3) is 0 Å². The highest BCUT2D eigenvalue weighted by molar-refractivity contribution is 7.89. The Bertz CT molecular complexity index is 652. The largest absolute Gasteiger partial charge is 0.378 e. The first-order valence-electron chi connectivity index (χ1n) is 8.93. The Morgan fingerprint density at radius 1 is 1.31 bits per heavy atom. The normalized spacial score (nSPS) is 17.1. The molecule has 1 aromatic rings. The third kappa shape index (κ3) is 6.26. The monoisotopic (exact) mass is 386 g/mol. The summed E-state index contributed by atoms with van der Waals surface area (Å²) in [7, 11) is -1.53. The third-order valence-electron chi connectivity index (χ3n) is 4.15. The fourth-order valence-electron chi connectivity index (χ4n) is 2.74. The van der Waals surface area contributed by atoms with Crippen molar-refractivity contribution in [3.05, 3.63) is 18.7 Å². The molecule has 0 radical (unpaired) electrons. The molecule has 0 amide bonds. The van der Waals surface area contributed by atoms with Crippen molar-refractivity contribution >= 4 is 16.0 Å². The highest BCUT2D eigenvalue weighted by atomic mass is 32.2. The number of sulfonamides is 1. The van der Waals surface area contributed by atoms with Gasteiger partial charge in [0.1, 0.15) is 0 Å². The smallest absolute Gasteiger partial charge is 0.216 e. The summed E-state index contributed by atoms with van der Waals surface area (Å²) in [5.74, 6) is 0.827. The SMILES string of the molecule is CN=C(NCCn1ccnc1)N1CCN(S(=O)(=O)CCOC(C)C)CC1. The van der Waals surface area contributed by atoms with Crippen molar-refractivity contribution in [2.24, 2.45) is 4.99 Å². The van der Waals surface area contributed by atoms with Gasteiger partial charge in [0, 0.05) is 58.7 Å². The molecular weight excluding hydrogens is 356 g/mol. The van der Waals surface area contributed by atoms with E-state index in [-0.39, 0.29) is 18.5 Å². The summed E-state index contributed by atoms with van der Waals surface area (Å²) >= 11 is 0. The van der Waals surface area contributed by atoms with Gasteiger partial charge in [-0.3, -0.25) is 4.99 Å². The van der Waals surface area contributed by atoms with Crippen LogP contribution >= 0.6 is 0 Å². The zero-order valence-electron chi connectivity index (χ0n) is 15.8. The molecular formula is C16H30N6O3S. The van der Waals surface area contributed by atoms with Gasteiger partial charge in [-0.05, 0) is 13.8 Å². The fourth-order valence-corrected chi connectivity index (χ4v) is 4.03. The first-order valence-corrected chi connectivity index (χ1v) is 10.5. The first kappa shape index (κ1) is 20.7. The molecule has 9 nitrogen and oxygen atoms in total. The van der Waals surface area contributed by atoms with Gasteiger partial charge < -0.3 is 19.5 Å². The Kier molecular flexibility index (Phi) is 7.85. The lowest BCUT2D eigenvalue weighted by Crippen LogP contribution is -2.54. The van der Waals surface area contributed by atoms with Crippen LogP contribution in [0.4, 0.5) is 0 Å². The maximum atomic E-state index is 12.4. The lowest BCUT2D eigenvalue weighted by Gasteiger charge is -2.35. The molecule has 0 spiro atoms. The van der Waals surface area contributed by atoms with Crippen molar-refractivity contribution in [1.82, 2.24) is 24.1 Å². The second-order valence-corrected chi connectivity index (χ2v) is 8.48. The number of aliphatic imine (C=N–C) groups is 1. The van der Waals surface area contributed by atoms with Crippen LogP contribution < -0.4 is 5.32 Å². The van der Waals surface area contributed by atoms with E-state index in [2.05, 4.69) is 20.2 Å². The van der Waals surface area contributed by atoms with Crippen molar-refractivity contribution in [3.8, 4) is 0 Å². The Hall–Kier alpha value is -1.65. The zero-order chi connectivity index (χ0) is 19.0. The summed E-state index contributed by atoms with van der Waals surface area (Å²) in [6, 6.07) is 0. The molecule has 26 heavy (non-hydrogen) atoms. The average molecular weight is 387 g/mol. The van der Waals surface area contributed by atoms with Crippen molar-refractivity contribution in [3.63, 3.8) is 0 Å². The molecule has 1 aliphatic rings. The van der Waals surface area contributed by atoms with Gasteiger partial charge in [-0.15, -0.1) is 0 Å². The Balaban J connectivity index is 1.76. The van der Waals surface area contributed by atoms with E-state index in [0.29, 0.717) is 26.2 Å². The molecule has 148 valence electrons. The van der Waals surface area contributed by atoms with Crippen LogP contribution in [-0.4, -0.2) is 91.4 Å². The molecule has 0 saturated carbocycles. The minimum absolute atomic E-state index is 0.0308. The lowest BCUT2D eigenvalue weighted by atomic mass is 10.4. The summed E-state index contributed by atoms with van der Waals surface area (Å²) in [5, 5.41) is 3.32. The molecule has 0 bridgehead atoms. The summed E-state index contributed by atoms with van der Waals surface area (Å²) in [4.78, 5) is 10.4. The number of aromatic nitrogens is 2. The van der Waals surface area contributed by atoms with Crippen molar-refractivity contribution in [2.45, 2.75) is 26.5 Å². The molecule has 0 unspecified atom stereocenters. The van der Waals surface area contributed by atoms with Crippen LogP contribution in [0.3, 0.4) is 0 Å². The van der Waals surface area contributed by atoms with Gasteiger partial charge in [-0.2, -0.15) is 4.31 Å². The van der Waals surface area contributed by atoms with Crippen LogP contribution in [0, 0.1) is 0 Å². The van der Waals surface area contributed by atoms with Gasteiger partial charge in [-0.1, -0.05) is 0 Å². The number of guanidine groups is 1. The maximum absolute atomic E-state index is 12.4. The second-order valence-electron chi connectivity index (χ2n) is 6.40. The second kappa shape index (κ2) is 9.89. The number of piperazine rings is 1. The topological polar surface area (TPSA) is 92.1 Å². The summed E-state index contributed by atoms with van der Waals surface area (Å²) in [6.45, 7) is 7.73. The van der Waals surface area contributed by atoms with Crippen LogP contribution in [0.25, 0.3) is 0 Å². The molecule has 1 saturated heterocycles. The summed E-state index contributed by atoms with van der Waals surface area (Å²) in [6.07, 6.45) is 5.48. The third-order valence-corrected chi connectivity index (χ3v) is 5.98. The van der Waals surface area contributed by atoms with Gasteiger partial charge in [-0.25, -0.2) is 13.4 Å². The number of hydrogen-bond acceptors (Lipinski definition) is 5. The highest BCUT2D eigenvalue weighted by Crippen LogP contribution is 2.09. The van der Waals surface area contributed by atoms with Crippen molar-refractivity contribution in [1.29, 1.82) is 0 Å². The van der Waals surface area contributed by atoms with E-state index in [1.165, 1.54) is 0 Å². The lowest BCUT2D eigenvalue weighted by molar-refractivity contribution is 0.0904. The number of nitrogens with zero attached hydrogens (tertiary/aromatic N) is 5. The van der Waals surface area contributed by atoms with E-state index in [9.17, 15) is 8.42 Å². The van der Waals surface area contributed by atoms with Crippen LogP contribution in [0.5, 0.6) is 0 Å². The number of rotatable bonds is 8. The predicted molar refractivity (Wildman–Crippen MR) is 102 cm³/mol. The van der Waals surface area contributed by atoms with E-state index in [1.54, 1.807) is 23.9 Å². The van der Waals surface area contributed by atoms with E-state index in [0.717, 1.165) is 19.0 Å². The van der Waals surface area contributed by atoms with E-state index in [1.807, 2.05) is 24.6 Å². The highest BCUT2D eigenvalue weighted by Gasteiger charge is 2.27. The van der Waals surface area contributed by atoms with Gasteiger partial charge in [0.05, 0.1) is 24.8 Å². The minimum Gasteiger partial charge on any atom is -0.378 e. The minimum atomic E-state index is -3.27. The quantitative estimate of drug-likeness (QED) is 0.493. The molecule has 2 heterocycles. The van der Waals surface area contributed by atoms with E-state index in [4.69, 9.17) is 4.74 Å². The van der Waals surface area contributed by atoms with Crippen LogP contribution in [0.2, 0.25) is 0 Å². The number of imidazole rings is 1. The maximum Gasteiger partial charge on any atom is 0.216 e. The molecule has 1 fully saturated rings. The van der Waals surface area contributed by atoms with E-state index >= 15 is 0 Å². The van der Waals surface area contributed by atoms with Crippen LogP contribution in [0.1, 0.15) is 13.8 Å². The Morgan fingerprint density at radius 2 is 2.04 bits per heavy atom. The molecule has 0 aromatic carbocycles. The van der Waals surface area contributed by atoms with Gasteiger partial charge in [0.2, 0.25) is 10.0 Å². The number of nitrogens with one attached hydrogen (secondary N) is 1. The van der Waals surface area contributed by atoms with Crippen LogP contribution in [-0.2, 0) is 21.3 Å². The summed E-state index contributed by atoms with van der Waals surface area (Å²) in [5.41, 5.74) is 0. The van der Waals surface area contributed by atoms with Gasteiger partial charge in [0.15, 0.2) is 5.96 Å². The average Bonchev–Trinajstić information content (AvgIpc) is 3.12. The molecule has 1 aromatic heterocycles.